The number of rotatable bonds is 7. The molecule has 1 atom stereocenters. The second-order valence-electron chi connectivity index (χ2n) is 3.90. The smallest absolute Gasteiger partial charge is 0.363 e. The molecule has 0 aliphatic carbocycles. The summed E-state index contributed by atoms with van der Waals surface area (Å²) in [5, 5.41) is 19.8. The minimum atomic E-state index is -3.81. The molecule has 0 radical (unpaired) electrons. The summed E-state index contributed by atoms with van der Waals surface area (Å²) in [6.07, 6.45) is 1.38. The first-order valence-electron chi connectivity index (χ1n) is 5.65. The Morgan fingerprint density at radius 1 is 1.53 bits per heavy atom. The molecule has 1 aromatic rings. The quantitative estimate of drug-likeness (QED) is 0.554. The van der Waals surface area contributed by atoms with Crippen LogP contribution in [0.4, 0.5) is 5.82 Å². The van der Waals surface area contributed by atoms with Crippen LogP contribution in [0.15, 0.2) is 23.2 Å². The molecule has 0 spiro atoms. The first-order chi connectivity index (χ1) is 8.86. The molecule has 0 aromatic carbocycles. The fraction of sp³-hybridized carbons (Fsp3) is 0.500. The molecule has 0 saturated carbocycles. The summed E-state index contributed by atoms with van der Waals surface area (Å²) in [4.78, 5) is 12.9. The summed E-state index contributed by atoms with van der Waals surface area (Å²) >= 11 is 0. The molecule has 0 saturated heterocycles. The number of nitro groups is 1. The Kier molecular flexibility index (Phi) is 5.33. The molecule has 9 heteroatoms. The largest absolute Gasteiger partial charge is 0.392 e. The Morgan fingerprint density at radius 2 is 2.21 bits per heavy atom. The number of aliphatic hydroxyl groups is 1. The van der Waals surface area contributed by atoms with Crippen LogP contribution >= 0.6 is 0 Å². The van der Waals surface area contributed by atoms with Gasteiger partial charge in [-0.2, -0.15) is 0 Å². The number of aromatic nitrogens is 1. The van der Waals surface area contributed by atoms with Crippen molar-refractivity contribution in [1.82, 2.24) is 9.71 Å². The van der Waals surface area contributed by atoms with Crippen LogP contribution in [0.3, 0.4) is 0 Å². The Hall–Kier alpha value is -1.58. The van der Waals surface area contributed by atoms with Gasteiger partial charge in [0, 0.05) is 12.6 Å². The monoisotopic (exact) mass is 289 g/mol. The van der Waals surface area contributed by atoms with E-state index in [0.717, 1.165) is 24.8 Å². The third kappa shape index (κ3) is 4.54. The summed E-state index contributed by atoms with van der Waals surface area (Å²) in [5.41, 5.74) is 0. The molecule has 0 amide bonds. The van der Waals surface area contributed by atoms with Gasteiger partial charge in [-0.25, -0.2) is 13.1 Å². The van der Waals surface area contributed by atoms with Crippen LogP contribution in [0, 0.1) is 10.1 Å². The standard InChI is InChI=1S/C10H15N3O5S/c1-2-3-8(14)6-12-19(17,18)9-4-5-10(11-7-9)13(15)16/h4-5,7-8,12,14H,2-3,6H2,1H3. The van der Waals surface area contributed by atoms with Crippen molar-refractivity contribution >= 4 is 15.8 Å². The lowest BCUT2D eigenvalue weighted by atomic mass is 10.2. The van der Waals surface area contributed by atoms with Crippen LogP contribution < -0.4 is 4.72 Å². The topological polar surface area (TPSA) is 122 Å². The lowest BCUT2D eigenvalue weighted by molar-refractivity contribution is -0.389. The summed E-state index contributed by atoms with van der Waals surface area (Å²) in [6.45, 7) is 1.77. The van der Waals surface area contributed by atoms with E-state index in [4.69, 9.17) is 0 Å². The number of hydrogen-bond donors (Lipinski definition) is 2. The van der Waals surface area contributed by atoms with E-state index in [1.807, 2.05) is 6.92 Å². The number of pyridine rings is 1. The van der Waals surface area contributed by atoms with Crippen molar-refractivity contribution in [3.05, 3.63) is 28.4 Å². The third-order valence-corrected chi connectivity index (χ3v) is 3.76. The van der Waals surface area contributed by atoms with E-state index in [1.54, 1.807) is 0 Å². The lowest BCUT2D eigenvalue weighted by Gasteiger charge is -2.10. The zero-order valence-corrected chi connectivity index (χ0v) is 11.1. The Labute approximate surface area is 110 Å². The zero-order valence-electron chi connectivity index (χ0n) is 10.3. The van der Waals surface area contributed by atoms with Gasteiger partial charge >= 0.3 is 5.82 Å². The molecule has 1 unspecified atom stereocenters. The first-order valence-corrected chi connectivity index (χ1v) is 7.13. The molecule has 0 aliphatic rings. The second-order valence-corrected chi connectivity index (χ2v) is 5.67. The molecule has 106 valence electrons. The second kappa shape index (κ2) is 6.55. The van der Waals surface area contributed by atoms with Crippen LogP contribution in [0.5, 0.6) is 0 Å². The summed E-state index contributed by atoms with van der Waals surface area (Å²) in [5.74, 6) is -0.426. The Morgan fingerprint density at radius 3 is 2.68 bits per heavy atom. The molecule has 19 heavy (non-hydrogen) atoms. The van der Waals surface area contributed by atoms with Gasteiger partial charge in [-0.05, 0) is 22.4 Å². The van der Waals surface area contributed by atoms with Gasteiger partial charge in [0.05, 0.1) is 6.10 Å². The maximum Gasteiger partial charge on any atom is 0.363 e. The van der Waals surface area contributed by atoms with Crippen molar-refractivity contribution in [3.63, 3.8) is 0 Å². The maximum atomic E-state index is 11.8. The summed E-state index contributed by atoms with van der Waals surface area (Å²) < 4.78 is 25.8. The number of aliphatic hydroxyl groups excluding tert-OH is 1. The number of nitrogens with zero attached hydrogens (tertiary/aromatic N) is 2. The summed E-state index contributed by atoms with van der Waals surface area (Å²) in [6, 6.07) is 2.11. The van der Waals surface area contributed by atoms with E-state index in [1.165, 1.54) is 0 Å². The van der Waals surface area contributed by atoms with Gasteiger partial charge in [0.2, 0.25) is 10.0 Å². The number of hydrogen-bond acceptors (Lipinski definition) is 6. The zero-order chi connectivity index (χ0) is 14.5. The van der Waals surface area contributed by atoms with Crippen molar-refractivity contribution in [2.75, 3.05) is 6.54 Å². The summed E-state index contributed by atoms with van der Waals surface area (Å²) in [7, 11) is -3.81. The highest BCUT2D eigenvalue weighted by Crippen LogP contribution is 2.12. The average molecular weight is 289 g/mol. The predicted octanol–water partition coefficient (Wildman–Crippen LogP) is 0.429. The molecular weight excluding hydrogens is 274 g/mol. The predicted molar refractivity (Wildman–Crippen MR) is 67.0 cm³/mol. The first kappa shape index (κ1) is 15.5. The van der Waals surface area contributed by atoms with Gasteiger partial charge in [-0.15, -0.1) is 0 Å². The SMILES string of the molecule is CCCC(O)CNS(=O)(=O)c1ccc([N+](=O)[O-])nc1. The normalized spacial score (nSPS) is 13.2. The van der Waals surface area contributed by atoms with Crippen molar-refractivity contribution in [2.24, 2.45) is 0 Å². The van der Waals surface area contributed by atoms with Crippen molar-refractivity contribution < 1.29 is 18.4 Å². The third-order valence-electron chi connectivity index (χ3n) is 2.35. The van der Waals surface area contributed by atoms with E-state index in [0.29, 0.717) is 6.42 Å². The van der Waals surface area contributed by atoms with Gasteiger partial charge < -0.3 is 15.2 Å². The maximum absolute atomic E-state index is 11.8. The highest BCUT2D eigenvalue weighted by molar-refractivity contribution is 7.89. The van der Waals surface area contributed by atoms with Crippen LogP contribution in [0.2, 0.25) is 0 Å². The van der Waals surface area contributed by atoms with Gasteiger partial charge in [-0.3, -0.25) is 0 Å². The van der Waals surface area contributed by atoms with Gasteiger partial charge in [-0.1, -0.05) is 13.3 Å². The van der Waals surface area contributed by atoms with E-state index in [9.17, 15) is 23.6 Å². The highest BCUT2D eigenvalue weighted by Gasteiger charge is 2.18. The van der Waals surface area contributed by atoms with Crippen molar-refractivity contribution in [1.29, 1.82) is 0 Å². The van der Waals surface area contributed by atoms with Crippen molar-refractivity contribution in [2.45, 2.75) is 30.8 Å². The minimum Gasteiger partial charge on any atom is -0.392 e. The van der Waals surface area contributed by atoms with E-state index in [-0.39, 0.29) is 11.4 Å². The fourth-order valence-corrected chi connectivity index (χ4v) is 2.38. The van der Waals surface area contributed by atoms with Crippen LogP contribution in [0.1, 0.15) is 19.8 Å². The highest BCUT2D eigenvalue weighted by atomic mass is 32.2. The van der Waals surface area contributed by atoms with E-state index in [2.05, 4.69) is 9.71 Å². The Balaban J connectivity index is 2.74. The van der Waals surface area contributed by atoms with Crippen molar-refractivity contribution in [3.8, 4) is 0 Å². The molecule has 0 aliphatic heterocycles. The van der Waals surface area contributed by atoms with Gasteiger partial charge in [0.25, 0.3) is 0 Å². The number of sulfonamides is 1. The minimum absolute atomic E-state index is 0.104. The van der Waals surface area contributed by atoms with E-state index >= 15 is 0 Å². The molecule has 2 N–H and O–H groups in total. The molecule has 0 bridgehead atoms. The Bertz CT molecular complexity index is 529. The molecule has 1 heterocycles. The van der Waals surface area contributed by atoms with Crippen LogP contribution in [0.25, 0.3) is 0 Å². The molecule has 0 fully saturated rings. The fourth-order valence-electron chi connectivity index (χ4n) is 1.36. The lowest BCUT2D eigenvalue weighted by Crippen LogP contribution is -2.32. The average Bonchev–Trinajstić information content (AvgIpc) is 2.37. The van der Waals surface area contributed by atoms with Gasteiger partial charge in [0.1, 0.15) is 4.90 Å². The number of nitrogens with one attached hydrogen (secondary N) is 1. The van der Waals surface area contributed by atoms with Crippen LogP contribution in [-0.2, 0) is 10.0 Å². The van der Waals surface area contributed by atoms with Gasteiger partial charge in [0.15, 0.2) is 6.20 Å². The molecule has 1 aromatic heterocycles. The van der Waals surface area contributed by atoms with E-state index < -0.39 is 26.9 Å². The molecule has 1 rings (SSSR count). The molecular formula is C10H15N3O5S. The molecule has 8 nitrogen and oxygen atoms in total. The van der Waals surface area contributed by atoms with Crippen LogP contribution in [-0.4, -0.2) is 36.1 Å².